The van der Waals surface area contributed by atoms with Crippen LogP contribution in [0.2, 0.25) is 0 Å². The Balaban J connectivity index is 1.50. The molecule has 30 heavy (non-hydrogen) atoms. The van der Waals surface area contributed by atoms with Crippen LogP contribution in [0.4, 0.5) is 4.79 Å². The lowest BCUT2D eigenvalue weighted by molar-refractivity contribution is -0.188. The highest BCUT2D eigenvalue weighted by atomic mass is 16.6. The summed E-state index contributed by atoms with van der Waals surface area (Å²) in [6.07, 6.45) is 3.58. The van der Waals surface area contributed by atoms with Crippen LogP contribution in [-0.4, -0.2) is 71.7 Å². The van der Waals surface area contributed by atoms with Gasteiger partial charge in [0.2, 0.25) is 0 Å². The Bertz CT molecular complexity index is 957. The Labute approximate surface area is 175 Å². The van der Waals surface area contributed by atoms with Crippen molar-refractivity contribution in [3.05, 3.63) is 23.3 Å². The zero-order valence-corrected chi connectivity index (χ0v) is 17.5. The quantitative estimate of drug-likeness (QED) is 0.817. The number of piperidine rings is 1. The van der Waals surface area contributed by atoms with Gasteiger partial charge in [0.25, 0.3) is 0 Å². The molecule has 2 aliphatic heterocycles. The lowest BCUT2D eigenvalue weighted by Crippen LogP contribution is -2.76. The molecule has 2 bridgehead atoms. The first-order valence-electron chi connectivity index (χ1n) is 11.1. The van der Waals surface area contributed by atoms with E-state index in [1.807, 2.05) is 6.07 Å². The van der Waals surface area contributed by atoms with Gasteiger partial charge in [-0.1, -0.05) is 6.07 Å². The van der Waals surface area contributed by atoms with E-state index in [4.69, 9.17) is 9.47 Å². The van der Waals surface area contributed by atoms with Crippen LogP contribution >= 0.6 is 0 Å². The fourth-order valence-corrected chi connectivity index (χ4v) is 6.52. The molecule has 160 valence electrons. The van der Waals surface area contributed by atoms with Crippen molar-refractivity contribution in [1.29, 1.82) is 0 Å². The summed E-state index contributed by atoms with van der Waals surface area (Å²) in [6.45, 7) is 1.89. The first kappa shape index (κ1) is 18.6. The normalized spacial score (nSPS) is 36.2. The van der Waals surface area contributed by atoms with Crippen molar-refractivity contribution in [2.75, 3.05) is 27.2 Å². The van der Waals surface area contributed by atoms with Crippen molar-refractivity contribution in [3.63, 3.8) is 0 Å². The summed E-state index contributed by atoms with van der Waals surface area (Å²) in [5.74, 6) is 1.61. The fourth-order valence-electron chi connectivity index (χ4n) is 6.52. The average Bonchev–Trinajstić information content (AvgIpc) is 3.45. The van der Waals surface area contributed by atoms with Crippen LogP contribution in [0.5, 0.6) is 11.5 Å². The molecule has 1 spiro atoms. The molecule has 0 aromatic heterocycles. The van der Waals surface area contributed by atoms with E-state index < -0.39 is 23.2 Å². The largest absolute Gasteiger partial charge is 0.477 e. The predicted molar refractivity (Wildman–Crippen MR) is 108 cm³/mol. The number of rotatable bonds is 3. The smallest absolute Gasteiger partial charge is 0.414 e. The van der Waals surface area contributed by atoms with E-state index in [-0.39, 0.29) is 11.8 Å². The van der Waals surface area contributed by atoms with E-state index in [1.165, 1.54) is 17.7 Å². The highest BCUT2D eigenvalue weighted by molar-refractivity contribution is 5.90. The minimum absolute atomic E-state index is 0.000301. The topological polar surface area (TPSA) is 79.3 Å². The van der Waals surface area contributed by atoms with Gasteiger partial charge in [-0.2, -0.15) is 0 Å². The number of carbonyl (C=O) groups excluding carboxylic acids is 2. The summed E-state index contributed by atoms with van der Waals surface area (Å²) in [7, 11) is 3.25. The summed E-state index contributed by atoms with van der Waals surface area (Å²) < 4.78 is 11.9. The van der Waals surface area contributed by atoms with Crippen molar-refractivity contribution >= 4 is 11.9 Å². The van der Waals surface area contributed by atoms with E-state index >= 15 is 0 Å². The van der Waals surface area contributed by atoms with Crippen LogP contribution in [0.25, 0.3) is 0 Å². The number of ketones is 1. The maximum Gasteiger partial charge on any atom is 0.414 e. The third kappa shape index (κ3) is 2.22. The summed E-state index contributed by atoms with van der Waals surface area (Å²) in [6, 6.07) is 3.77. The molecule has 1 aromatic carbocycles. The summed E-state index contributed by atoms with van der Waals surface area (Å²) in [5.41, 5.74) is 0.286. The molecule has 4 atom stereocenters. The lowest BCUT2D eigenvalue weighted by atomic mass is 9.49. The number of hydrogen-bond acceptors (Lipinski definition) is 6. The SMILES string of the molecule is CN(C)C(=O)Oc1ccc2c3c1O[C@H]1C(=O)CC[C@@]4(O)[C@@H](C2)N(CC2CC2)CC[C@]314. The van der Waals surface area contributed by atoms with Gasteiger partial charge >= 0.3 is 6.09 Å². The van der Waals surface area contributed by atoms with Crippen molar-refractivity contribution in [1.82, 2.24) is 9.80 Å². The molecule has 1 saturated heterocycles. The minimum Gasteiger partial charge on any atom is -0.477 e. The van der Waals surface area contributed by atoms with E-state index in [0.29, 0.717) is 30.8 Å². The van der Waals surface area contributed by atoms with Gasteiger partial charge < -0.3 is 19.5 Å². The second-order valence-electron chi connectivity index (χ2n) is 9.96. The van der Waals surface area contributed by atoms with Crippen LogP contribution in [0.15, 0.2) is 12.1 Å². The monoisotopic (exact) mass is 412 g/mol. The number of Topliss-reactive ketones (excluding diaryl/α,β-unsaturated/α-hetero) is 1. The third-order valence-electron chi connectivity index (χ3n) is 8.11. The molecular formula is C23H28N2O5. The zero-order valence-electron chi connectivity index (χ0n) is 17.5. The third-order valence-corrected chi connectivity index (χ3v) is 8.11. The molecule has 1 N–H and O–H groups in total. The van der Waals surface area contributed by atoms with Crippen molar-refractivity contribution in [2.24, 2.45) is 5.92 Å². The first-order chi connectivity index (χ1) is 14.3. The van der Waals surface area contributed by atoms with Gasteiger partial charge in [0.1, 0.15) is 0 Å². The summed E-state index contributed by atoms with van der Waals surface area (Å²) in [4.78, 5) is 29.0. The molecule has 6 rings (SSSR count). The fraction of sp³-hybridized carbons (Fsp3) is 0.652. The van der Waals surface area contributed by atoms with E-state index in [1.54, 1.807) is 20.2 Å². The van der Waals surface area contributed by atoms with E-state index in [9.17, 15) is 14.7 Å². The van der Waals surface area contributed by atoms with Gasteiger partial charge in [-0.15, -0.1) is 0 Å². The molecule has 7 heteroatoms. The van der Waals surface area contributed by atoms with Crippen molar-refractivity contribution in [2.45, 2.75) is 61.7 Å². The number of aliphatic hydroxyl groups is 1. The Hall–Kier alpha value is -2.12. The van der Waals surface area contributed by atoms with E-state index in [0.717, 1.165) is 36.6 Å². The van der Waals surface area contributed by atoms with Gasteiger partial charge in [-0.25, -0.2) is 4.79 Å². The predicted octanol–water partition coefficient (Wildman–Crippen LogP) is 1.88. The molecule has 5 aliphatic rings. The Morgan fingerprint density at radius 3 is 2.87 bits per heavy atom. The summed E-state index contributed by atoms with van der Waals surface area (Å²) in [5, 5.41) is 12.2. The van der Waals surface area contributed by atoms with Crippen LogP contribution in [-0.2, 0) is 16.6 Å². The van der Waals surface area contributed by atoms with Crippen LogP contribution in [0, 0.1) is 5.92 Å². The molecule has 1 aromatic rings. The standard InChI is InChI=1S/C23H28N2O5/c1-24(2)21(27)29-16-6-5-14-11-17-23(28)8-7-15(26)20-22(23,18(14)19(16)30-20)9-10-25(17)12-13-3-4-13/h5-6,13,17,20,28H,3-4,7-12H2,1-2H3/t17-,20+,22+,23-/m1/s1. The van der Waals surface area contributed by atoms with Crippen molar-refractivity contribution in [3.8, 4) is 11.5 Å². The first-order valence-corrected chi connectivity index (χ1v) is 11.1. The maximum absolute atomic E-state index is 13.0. The summed E-state index contributed by atoms with van der Waals surface area (Å²) >= 11 is 0. The number of hydrogen-bond donors (Lipinski definition) is 1. The number of carbonyl (C=O) groups is 2. The molecule has 1 amide bonds. The second kappa shape index (κ2) is 5.98. The number of benzene rings is 1. The van der Waals surface area contributed by atoms with Gasteiger partial charge in [0, 0.05) is 38.7 Å². The number of amides is 1. The molecular weight excluding hydrogens is 384 g/mol. The molecule has 2 heterocycles. The van der Waals surface area contributed by atoms with Gasteiger partial charge in [0.15, 0.2) is 23.4 Å². The zero-order chi connectivity index (χ0) is 20.8. The van der Waals surface area contributed by atoms with Gasteiger partial charge in [-0.3, -0.25) is 9.69 Å². The highest BCUT2D eigenvalue weighted by Crippen LogP contribution is 2.65. The molecule has 7 nitrogen and oxygen atoms in total. The van der Waals surface area contributed by atoms with Crippen LogP contribution in [0.3, 0.4) is 0 Å². The molecule has 2 saturated carbocycles. The Morgan fingerprint density at radius 1 is 1.33 bits per heavy atom. The lowest BCUT2D eigenvalue weighted by Gasteiger charge is -2.62. The second-order valence-corrected chi connectivity index (χ2v) is 9.96. The molecule has 3 aliphatic carbocycles. The number of nitrogens with zero attached hydrogens (tertiary/aromatic N) is 2. The highest BCUT2D eigenvalue weighted by Gasteiger charge is 2.73. The van der Waals surface area contributed by atoms with Crippen LogP contribution in [0.1, 0.15) is 43.2 Å². The molecule has 0 radical (unpaired) electrons. The minimum atomic E-state index is -0.999. The Kier molecular flexibility index (Phi) is 3.71. The molecule has 0 unspecified atom stereocenters. The number of ether oxygens (including phenoxy) is 2. The van der Waals surface area contributed by atoms with Crippen molar-refractivity contribution < 1.29 is 24.2 Å². The average molecular weight is 412 g/mol. The van der Waals surface area contributed by atoms with Gasteiger partial charge in [-0.05, 0) is 56.2 Å². The maximum atomic E-state index is 13.0. The van der Waals surface area contributed by atoms with Gasteiger partial charge in [0.05, 0.1) is 11.0 Å². The Morgan fingerprint density at radius 2 is 2.13 bits per heavy atom. The number of likely N-dealkylation sites (tertiary alicyclic amines) is 1. The van der Waals surface area contributed by atoms with E-state index in [2.05, 4.69) is 4.90 Å². The molecule has 3 fully saturated rings. The van der Waals surface area contributed by atoms with Crippen LogP contribution < -0.4 is 9.47 Å².